The lowest BCUT2D eigenvalue weighted by Crippen LogP contribution is -2.38. The molecule has 3 atom stereocenters. The Bertz CT molecular complexity index is 2830. The van der Waals surface area contributed by atoms with Crippen molar-refractivity contribution in [3.63, 3.8) is 0 Å². The Hall–Kier alpha value is -5.12. The second-order valence-corrected chi connectivity index (χ2v) is 25.6. The lowest BCUT2D eigenvalue weighted by molar-refractivity contribution is 0.0552. The number of ether oxygens (including phenoxy) is 2. The molecule has 0 saturated carbocycles. The van der Waals surface area contributed by atoms with Gasteiger partial charge in [0.2, 0.25) is 0 Å². The van der Waals surface area contributed by atoms with Crippen molar-refractivity contribution in [1.29, 1.82) is 0 Å². The molecule has 3 heterocycles. The van der Waals surface area contributed by atoms with Crippen molar-refractivity contribution in [3.8, 4) is 0 Å². The van der Waals surface area contributed by atoms with E-state index in [-0.39, 0.29) is 24.0 Å². The highest BCUT2D eigenvalue weighted by molar-refractivity contribution is 8.14. The molecule has 16 heteroatoms. The predicted molar refractivity (Wildman–Crippen MR) is 327 cm³/mol. The van der Waals surface area contributed by atoms with Crippen molar-refractivity contribution >= 4 is 91.9 Å². The van der Waals surface area contributed by atoms with Crippen LogP contribution >= 0.6 is 58.5 Å². The number of amidine groups is 3. The van der Waals surface area contributed by atoms with Crippen LogP contribution in [0.25, 0.3) is 0 Å². The van der Waals surface area contributed by atoms with Crippen LogP contribution in [0.4, 0.5) is 15.3 Å². The van der Waals surface area contributed by atoms with Gasteiger partial charge in [-0.15, -0.1) is 0 Å². The number of rotatable bonds is 9. The first-order valence-corrected chi connectivity index (χ1v) is 29.0. The van der Waals surface area contributed by atoms with E-state index in [1.165, 1.54) is 45.1 Å². The van der Waals surface area contributed by atoms with Crippen molar-refractivity contribution in [3.05, 3.63) is 170 Å². The molecule has 8 rings (SSSR count). The number of hydrogen-bond acceptors (Lipinski definition) is 12. The van der Waals surface area contributed by atoms with Gasteiger partial charge < -0.3 is 20.9 Å². The highest BCUT2D eigenvalue weighted by Crippen LogP contribution is 2.38. The molecule has 3 aliphatic rings. The molecular weight excluding hydrogens is 1050 g/mol. The summed E-state index contributed by atoms with van der Waals surface area (Å²) in [7, 11) is 0. The van der Waals surface area contributed by atoms with Gasteiger partial charge in [0.25, 0.3) is 0 Å². The first-order valence-electron chi connectivity index (χ1n) is 25.3. The summed E-state index contributed by atoms with van der Waals surface area (Å²) >= 11 is 16.6. The Labute approximate surface area is 475 Å². The average molecular weight is 1130 g/mol. The van der Waals surface area contributed by atoms with Crippen LogP contribution in [-0.2, 0) is 51.8 Å². The van der Waals surface area contributed by atoms with Gasteiger partial charge in [0.15, 0.2) is 15.5 Å². The van der Waals surface area contributed by atoms with Gasteiger partial charge >= 0.3 is 12.2 Å². The minimum atomic E-state index is -0.536. The van der Waals surface area contributed by atoms with Gasteiger partial charge in [-0.25, -0.2) is 9.59 Å². The van der Waals surface area contributed by atoms with Crippen LogP contribution in [0.3, 0.4) is 0 Å². The number of nitrogen functional groups attached to an aromatic ring is 1. The third kappa shape index (κ3) is 19.7. The van der Waals surface area contributed by atoms with Crippen LogP contribution in [-0.4, -0.2) is 56.2 Å². The van der Waals surface area contributed by atoms with Gasteiger partial charge in [0.05, 0.1) is 16.6 Å². The molecule has 76 heavy (non-hydrogen) atoms. The van der Waals surface area contributed by atoms with Gasteiger partial charge in [-0.2, -0.15) is 0 Å². The molecule has 0 bridgehead atoms. The Kier molecular flexibility index (Phi) is 22.3. The van der Waals surface area contributed by atoms with E-state index < -0.39 is 23.4 Å². The van der Waals surface area contributed by atoms with Crippen molar-refractivity contribution < 1.29 is 19.1 Å². The number of nitrogens with zero attached hydrogens (tertiary/aromatic N) is 3. The van der Waals surface area contributed by atoms with Crippen LogP contribution in [0.1, 0.15) is 128 Å². The molecule has 0 radical (unpaired) electrons. The molecule has 3 unspecified atom stereocenters. The maximum Gasteiger partial charge on any atom is 0.413 e. The summed E-state index contributed by atoms with van der Waals surface area (Å²) in [6.45, 7) is 17.4. The lowest BCUT2D eigenvalue weighted by Gasteiger charge is -2.31. The van der Waals surface area contributed by atoms with Gasteiger partial charge in [-0.3, -0.25) is 25.6 Å². The molecule has 0 aliphatic carbocycles. The zero-order valence-electron chi connectivity index (χ0n) is 44.7. The van der Waals surface area contributed by atoms with Crippen LogP contribution < -0.4 is 22.1 Å². The third-order valence-electron chi connectivity index (χ3n) is 12.6. The second-order valence-electron chi connectivity index (χ2n) is 21.4. The number of aryl methyl sites for hydroxylation is 4. The van der Waals surface area contributed by atoms with Gasteiger partial charge in [0.1, 0.15) is 11.2 Å². The maximum absolute atomic E-state index is 12.1. The van der Waals surface area contributed by atoms with E-state index in [1.807, 2.05) is 90.1 Å². The number of hydrogen-bond donors (Lipinski definition) is 4. The summed E-state index contributed by atoms with van der Waals surface area (Å²) in [6.07, 6.45) is 5.83. The van der Waals surface area contributed by atoms with Crippen LogP contribution in [0, 0.1) is 0 Å². The van der Waals surface area contributed by atoms with E-state index in [9.17, 15) is 9.59 Å². The number of thioether (sulfide) groups is 3. The van der Waals surface area contributed by atoms with Crippen molar-refractivity contribution in [1.82, 2.24) is 10.6 Å². The van der Waals surface area contributed by atoms with Gasteiger partial charge in [-0.05, 0) is 183 Å². The molecule has 2 amide bonds. The van der Waals surface area contributed by atoms with Crippen LogP contribution in [0.2, 0.25) is 10.0 Å². The number of benzene rings is 5. The second kappa shape index (κ2) is 27.5. The number of halogens is 2. The fourth-order valence-electron chi connectivity index (χ4n) is 8.42. The number of carbonyl (C=O) groups is 2. The zero-order chi connectivity index (χ0) is 54.4. The maximum atomic E-state index is 12.1. The third-order valence-corrected chi connectivity index (χ3v) is 15.7. The summed E-state index contributed by atoms with van der Waals surface area (Å²) in [5.74, 6) is 2.79. The quantitative estimate of drug-likeness (QED) is 0.105. The number of carbonyl (C=O) groups excluding carboxylic acids is 2. The molecule has 0 spiro atoms. The van der Waals surface area contributed by atoms with E-state index in [1.54, 1.807) is 23.5 Å². The molecule has 11 nitrogen and oxygen atoms in total. The predicted octanol–water partition coefficient (Wildman–Crippen LogP) is 15.3. The number of anilines is 1. The molecule has 408 valence electrons. The first-order chi connectivity index (χ1) is 35.4. The zero-order valence-corrected chi connectivity index (χ0v) is 48.7. The highest BCUT2D eigenvalue weighted by atomic mass is 35.5. The van der Waals surface area contributed by atoms with Crippen molar-refractivity contribution in [2.75, 3.05) is 23.0 Å². The average Bonchev–Trinajstić information content (AvgIpc) is 3.33. The SMILES string of the molecule is C.CC(C)(C)OC(=O)NC1=NC(C)(c2cccc(CCc3ccc(Cl)cc3)c2)CCS1.CC(C)(C)OC(=O)NC1=NC(C)(c2cccc(N)c2)CCS1.CC1(c2cccc(CCc3ccc(Cl)cc3)c2)CCSC(N)=N1. The Morgan fingerprint density at radius 3 is 1.26 bits per heavy atom. The number of nitrogens with two attached hydrogens (primary N) is 2. The molecule has 5 aromatic carbocycles. The monoisotopic (exact) mass is 1130 g/mol. The Balaban J connectivity index is 0.000000212. The molecule has 5 aromatic rings. The fourth-order valence-corrected chi connectivity index (χ4v) is 11.9. The van der Waals surface area contributed by atoms with E-state index in [0.29, 0.717) is 21.2 Å². The molecule has 0 saturated heterocycles. The van der Waals surface area contributed by atoms with E-state index in [2.05, 4.69) is 104 Å². The lowest BCUT2D eigenvalue weighted by atomic mass is 9.88. The summed E-state index contributed by atoms with van der Waals surface area (Å²) < 4.78 is 10.6. The highest BCUT2D eigenvalue weighted by Gasteiger charge is 2.33. The topological polar surface area (TPSA) is 166 Å². The standard InChI is InChI=1S/C24H29ClN2O2S.C19H21ClN2S.C16H23N3O2S.CH4/c1-23(2,3)29-22(28)26-21-27-24(4,14-15-30-21)19-7-5-6-18(16-19)9-8-17-10-12-20(25)13-11-17;1-19(11-12-23-18(21)22-19)16-4-2-3-15(13-16)6-5-14-7-9-17(20)10-8-14;1-15(2,3)21-14(20)18-13-19-16(4,8-9-22-13)11-6-5-7-12(17)10-11;/h5-7,10-13,16H,8-9,14-15H2,1-4H3,(H,26,27,28);2-4,7-10,13H,5-6,11-12H2,1H3,(H2,21,22);5-7,10H,8-9,17H2,1-4H3,(H,18,19,20);1H4. The number of nitrogens with one attached hydrogen (secondary N) is 2. The van der Waals surface area contributed by atoms with Gasteiger partial charge in [0, 0.05) is 33.0 Å². The molecule has 0 aromatic heterocycles. The largest absolute Gasteiger partial charge is 0.444 e. The minimum Gasteiger partial charge on any atom is -0.444 e. The van der Waals surface area contributed by atoms with Crippen molar-refractivity contribution in [2.45, 2.75) is 143 Å². The van der Waals surface area contributed by atoms with Crippen molar-refractivity contribution in [2.24, 2.45) is 20.7 Å². The Morgan fingerprint density at radius 2 is 0.882 bits per heavy atom. The van der Waals surface area contributed by atoms with Crippen LogP contribution in [0.5, 0.6) is 0 Å². The number of aliphatic imine (C=N–C) groups is 3. The number of alkyl carbamates (subject to hydrolysis) is 2. The summed E-state index contributed by atoms with van der Waals surface area (Å²) in [5, 5.41) is 8.99. The summed E-state index contributed by atoms with van der Waals surface area (Å²) in [6, 6.07) is 41.2. The molecule has 6 N–H and O–H groups in total. The fraction of sp³-hybridized carbons (Fsp3) is 0.417. The Morgan fingerprint density at radius 1 is 0.526 bits per heavy atom. The van der Waals surface area contributed by atoms with E-state index >= 15 is 0 Å². The van der Waals surface area contributed by atoms with Gasteiger partial charge in [-0.1, -0.05) is 151 Å². The van der Waals surface area contributed by atoms with Crippen LogP contribution in [0.15, 0.2) is 136 Å². The normalized spacial score (nSPS) is 20.3. The smallest absolute Gasteiger partial charge is 0.413 e. The first kappa shape index (κ1) is 61.7. The molecular formula is C60H77Cl2N7O4S3. The van der Waals surface area contributed by atoms with E-state index in [0.717, 1.165) is 77.8 Å². The summed E-state index contributed by atoms with van der Waals surface area (Å²) in [4.78, 5) is 38.3. The minimum absolute atomic E-state index is 0. The number of amides is 2. The molecule has 3 aliphatic heterocycles. The molecule has 0 fully saturated rings. The van der Waals surface area contributed by atoms with E-state index in [4.69, 9.17) is 59.1 Å². The summed E-state index contributed by atoms with van der Waals surface area (Å²) in [5.41, 5.74) is 19.2.